The molecule has 0 aromatic heterocycles. The van der Waals surface area contributed by atoms with Gasteiger partial charge < -0.3 is 15.4 Å². The Labute approximate surface area is 132 Å². The van der Waals surface area contributed by atoms with E-state index in [4.69, 9.17) is 10.5 Å². The molecular weight excluding hydrogens is 276 g/mol. The lowest BCUT2D eigenvalue weighted by atomic mass is 9.84. The number of hydrogen-bond acceptors (Lipinski definition) is 3. The fraction of sp³-hybridized carbons (Fsp3) is 0.611. The van der Waals surface area contributed by atoms with Gasteiger partial charge in [0.15, 0.2) is 0 Å². The summed E-state index contributed by atoms with van der Waals surface area (Å²) in [7, 11) is 0. The van der Waals surface area contributed by atoms with Crippen molar-refractivity contribution in [2.24, 2.45) is 11.7 Å². The summed E-state index contributed by atoms with van der Waals surface area (Å²) in [5.41, 5.74) is 7.23. The highest BCUT2D eigenvalue weighted by Gasteiger charge is 2.36. The van der Waals surface area contributed by atoms with E-state index in [2.05, 4.69) is 12.1 Å². The Kier molecular flexibility index (Phi) is 4.79. The van der Waals surface area contributed by atoms with Crippen molar-refractivity contribution in [1.29, 1.82) is 0 Å². The van der Waals surface area contributed by atoms with Crippen molar-refractivity contribution in [1.82, 2.24) is 4.90 Å². The molecule has 1 aliphatic heterocycles. The van der Waals surface area contributed by atoms with Crippen LogP contribution < -0.4 is 5.73 Å². The quantitative estimate of drug-likeness (QED) is 0.913. The van der Waals surface area contributed by atoms with Gasteiger partial charge in [0, 0.05) is 18.5 Å². The third-order valence-electron chi connectivity index (χ3n) is 4.90. The van der Waals surface area contributed by atoms with Gasteiger partial charge in [-0.05, 0) is 31.7 Å². The summed E-state index contributed by atoms with van der Waals surface area (Å²) in [5, 5.41) is 0. The Hall–Kier alpha value is -1.39. The molecule has 1 amide bonds. The standard InChI is InChI=1S/C18H26N2O2/c1-13-11-20(18(21)15-8-5-9-16(19)10-15)17(12-22-13)14-6-3-2-4-7-14/h2-4,6-7,13,15-17H,5,8-12,19H2,1H3. The summed E-state index contributed by atoms with van der Waals surface area (Å²) in [6.45, 7) is 3.29. The maximum Gasteiger partial charge on any atom is 0.226 e. The van der Waals surface area contributed by atoms with Crippen LogP contribution in [0, 0.1) is 5.92 Å². The van der Waals surface area contributed by atoms with Crippen LogP contribution in [0.2, 0.25) is 0 Å². The first-order valence-electron chi connectivity index (χ1n) is 8.37. The van der Waals surface area contributed by atoms with Crippen molar-refractivity contribution in [3.05, 3.63) is 35.9 Å². The largest absolute Gasteiger partial charge is 0.374 e. The second-order valence-corrected chi connectivity index (χ2v) is 6.68. The summed E-state index contributed by atoms with van der Waals surface area (Å²) >= 11 is 0. The summed E-state index contributed by atoms with van der Waals surface area (Å²) in [6, 6.07) is 10.4. The molecule has 1 heterocycles. The molecule has 120 valence electrons. The van der Waals surface area contributed by atoms with Gasteiger partial charge in [-0.2, -0.15) is 0 Å². The number of nitrogens with two attached hydrogens (primary N) is 1. The van der Waals surface area contributed by atoms with Crippen molar-refractivity contribution >= 4 is 5.91 Å². The zero-order chi connectivity index (χ0) is 15.5. The van der Waals surface area contributed by atoms with Crippen molar-refractivity contribution in [2.45, 2.75) is 50.8 Å². The first-order valence-corrected chi connectivity index (χ1v) is 8.37. The van der Waals surface area contributed by atoms with E-state index in [0.717, 1.165) is 31.2 Å². The molecule has 1 aliphatic carbocycles. The number of hydrogen-bond donors (Lipinski definition) is 1. The van der Waals surface area contributed by atoms with Gasteiger partial charge in [0.25, 0.3) is 0 Å². The molecule has 2 aliphatic rings. The topological polar surface area (TPSA) is 55.6 Å². The Bertz CT molecular complexity index is 505. The van der Waals surface area contributed by atoms with E-state index in [-0.39, 0.29) is 30.0 Å². The molecule has 2 fully saturated rings. The van der Waals surface area contributed by atoms with E-state index >= 15 is 0 Å². The normalized spacial score (nSPS) is 32.7. The fourth-order valence-electron chi connectivity index (χ4n) is 3.68. The van der Waals surface area contributed by atoms with Crippen LogP contribution in [-0.4, -0.2) is 36.1 Å². The van der Waals surface area contributed by atoms with Gasteiger partial charge in [-0.25, -0.2) is 0 Å². The molecule has 1 saturated carbocycles. The second-order valence-electron chi connectivity index (χ2n) is 6.68. The predicted molar refractivity (Wildman–Crippen MR) is 86.2 cm³/mol. The third-order valence-corrected chi connectivity index (χ3v) is 4.90. The van der Waals surface area contributed by atoms with Crippen LogP contribution in [0.15, 0.2) is 30.3 Å². The van der Waals surface area contributed by atoms with Gasteiger partial charge in [0.1, 0.15) is 0 Å². The van der Waals surface area contributed by atoms with Crippen LogP contribution in [0.1, 0.15) is 44.2 Å². The number of amides is 1. The third kappa shape index (κ3) is 3.33. The maximum atomic E-state index is 13.0. The van der Waals surface area contributed by atoms with E-state index in [1.54, 1.807) is 0 Å². The van der Waals surface area contributed by atoms with Crippen LogP contribution in [0.25, 0.3) is 0 Å². The molecule has 0 radical (unpaired) electrons. The smallest absolute Gasteiger partial charge is 0.226 e. The summed E-state index contributed by atoms with van der Waals surface area (Å²) in [5.74, 6) is 0.347. The van der Waals surface area contributed by atoms with Crippen LogP contribution in [0.3, 0.4) is 0 Å². The van der Waals surface area contributed by atoms with Crippen molar-refractivity contribution in [3.63, 3.8) is 0 Å². The molecular formula is C18H26N2O2. The van der Waals surface area contributed by atoms with Crippen molar-refractivity contribution in [3.8, 4) is 0 Å². The second kappa shape index (κ2) is 6.80. The lowest BCUT2D eigenvalue weighted by Crippen LogP contribution is -2.50. The molecule has 4 unspecified atom stereocenters. The lowest BCUT2D eigenvalue weighted by Gasteiger charge is -2.41. The Morgan fingerprint density at radius 2 is 2.05 bits per heavy atom. The Balaban J connectivity index is 1.79. The van der Waals surface area contributed by atoms with E-state index in [0.29, 0.717) is 13.2 Å². The SMILES string of the molecule is CC1CN(C(=O)C2CCCC(N)C2)C(c2ccccc2)CO1. The van der Waals surface area contributed by atoms with Gasteiger partial charge >= 0.3 is 0 Å². The molecule has 0 spiro atoms. The number of rotatable bonds is 2. The zero-order valence-electron chi connectivity index (χ0n) is 13.3. The van der Waals surface area contributed by atoms with E-state index < -0.39 is 0 Å². The minimum absolute atomic E-state index is 0.0306. The monoisotopic (exact) mass is 302 g/mol. The van der Waals surface area contributed by atoms with Gasteiger partial charge in [0.05, 0.1) is 18.8 Å². The average molecular weight is 302 g/mol. The fourth-order valence-corrected chi connectivity index (χ4v) is 3.68. The van der Waals surface area contributed by atoms with Crippen LogP contribution in [0.4, 0.5) is 0 Å². The molecule has 1 aromatic carbocycles. The molecule has 3 rings (SSSR count). The zero-order valence-corrected chi connectivity index (χ0v) is 13.3. The highest BCUT2D eigenvalue weighted by Crippen LogP contribution is 2.31. The maximum absolute atomic E-state index is 13.0. The number of carbonyl (C=O) groups excluding carboxylic acids is 1. The van der Waals surface area contributed by atoms with E-state index in [1.165, 1.54) is 0 Å². The summed E-state index contributed by atoms with van der Waals surface area (Å²) in [4.78, 5) is 15.1. The molecule has 0 bridgehead atoms. The van der Waals surface area contributed by atoms with Crippen LogP contribution in [0.5, 0.6) is 0 Å². The van der Waals surface area contributed by atoms with Crippen molar-refractivity contribution in [2.75, 3.05) is 13.2 Å². The molecule has 1 aromatic rings. The summed E-state index contributed by atoms with van der Waals surface area (Å²) < 4.78 is 5.82. The number of benzene rings is 1. The number of morpholine rings is 1. The van der Waals surface area contributed by atoms with E-state index in [9.17, 15) is 4.79 Å². The number of ether oxygens (including phenoxy) is 1. The van der Waals surface area contributed by atoms with Gasteiger partial charge in [-0.15, -0.1) is 0 Å². The highest BCUT2D eigenvalue weighted by molar-refractivity contribution is 5.79. The molecule has 1 saturated heterocycles. The molecule has 4 heteroatoms. The Morgan fingerprint density at radius 1 is 1.27 bits per heavy atom. The molecule has 4 atom stereocenters. The molecule has 4 nitrogen and oxygen atoms in total. The lowest BCUT2D eigenvalue weighted by molar-refractivity contribution is -0.150. The number of carbonyl (C=O) groups is 1. The predicted octanol–water partition coefficient (Wildman–Crippen LogP) is 2.49. The summed E-state index contributed by atoms with van der Waals surface area (Å²) in [6.07, 6.45) is 4.01. The number of nitrogens with zero attached hydrogens (tertiary/aromatic N) is 1. The first-order chi connectivity index (χ1) is 10.6. The van der Waals surface area contributed by atoms with Crippen LogP contribution in [-0.2, 0) is 9.53 Å². The van der Waals surface area contributed by atoms with Crippen LogP contribution >= 0.6 is 0 Å². The van der Waals surface area contributed by atoms with Gasteiger partial charge in [-0.1, -0.05) is 36.8 Å². The minimum atomic E-state index is 0.0306. The molecule has 2 N–H and O–H groups in total. The minimum Gasteiger partial charge on any atom is -0.374 e. The first kappa shape index (κ1) is 15.5. The molecule has 22 heavy (non-hydrogen) atoms. The highest BCUT2D eigenvalue weighted by atomic mass is 16.5. The Morgan fingerprint density at radius 3 is 2.77 bits per heavy atom. The van der Waals surface area contributed by atoms with E-state index in [1.807, 2.05) is 30.0 Å². The van der Waals surface area contributed by atoms with Gasteiger partial charge in [0.2, 0.25) is 5.91 Å². The average Bonchev–Trinajstić information content (AvgIpc) is 2.55. The van der Waals surface area contributed by atoms with Gasteiger partial charge in [-0.3, -0.25) is 4.79 Å². The van der Waals surface area contributed by atoms with Crippen molar-refractivity contribution < 1.29 is 9.53 Å².